The van der Waals surface area contributed by atoms with Crippen LogP contribution in [0.25, 0.3) is 0 Å². The van der Waals surface area contributed by atoms with Gasteiger partial charge in [-0.15, -0.1) is 0 Å². The van der Waals surface area contributed by atoms with Crippen LogP contribution >= 0.6 is 0 Å². The number of aromatic nitrogens is 1. The number of ether oxygens (including phenoxy) is 1. The highest BCUT2D eigenvalue weighted by Crippen LogP contribution is 2.33. The van der Waals surface area contributed by atoms with Crippen molar-refractivity contribution in [3.05, 3.63) is 48.0 Å². The lowest BCUT2D eigenvalue weighted by atomic mass is 10.0. The van der Waals surface area contributed by atoms with E-state index in [0.717, 1.165) is 38.3 Å². The predicted molar refractivity (Wildman–Crippen MR) is 87.7 cm³/mol. The third kappa shape index (κ3) is 2.78. The molecule has 1 amide bonds. The van der Waals surface area contributed by atoms with Crippen LogP contribution in [0.1, 0.15) is 16.1 Å². The topological polar surface area (TPSA) is 58.8 Å². The number of carbonyl (C=O) groups excluding carboxylic acids is 1. The lowest BCUT2D eigenvalue weighted by Gasteiger charge is -2.21. The van der Waals surface area contributed by atoms with Crippen molar-refractivity contribution in [2.75, 3.05) is 33.3 Å². The van der Waals surface area contributed by atoms with Crippen molar-refractivity contribution in [2.45, 2.75) is 6.54 Å². The number of pyridine rings is 1. The number of rotatable bonds is 4. The zero-order valence-corrected chi connectivity index (χ0v) is 13.7. The Morgan fingerprint density at radius 3 is 2.71 bits per heavy atom. The van der Waals surface area contributed by atoms with Crippen LogP contribution in [0.5, 0.6) is 5.88 Å². The summed E-state index contributed by atoms with van der Waals surface area (Å²) in [5, 5.41) is 0. The van der Waals surface area contributed by atoms with Crippen LogP contribution in [0.3, 0.4) is 0 Å². The second kappa shape index (κ2) is 6.28. The molecule has 2 aromatic rings. The Balaban J connectivity index is 1.37. The van der Waals surface area contributed by atoms with Crippen molar-refractivity contribution in [1.29, 1.82) is 0 Å². The third-order valence-corrected chi connectivity index (χ3v) is 5.02. The van der Waals surface area contributed by atoms with Crippen molar-refractivity contribution in [3.8, 4) is 5.88 Å². The zero-order chi connectivity index (χ0) is 16.5. The van der Waals surface area contributed by atoms with Gasteiger partial charge in [0.05, 0.1) is 13.4 Å². The maximum absolute atomic E-state index is 12.4. The van der Waals surface area contributed by atoms with E-state index in [4.69, 9.17) is 9.15 Å². The van der Waals surface area contributed by atoms with E-state index >= 15 is 0 Å². The van der Waals surface area contributed by atoms with Gasteiger partial charge in [0.25, 0.3) is 5.91 Å². The molecule has 6 heteroatoms. The number of amides is 1. The van der Waals surface area contributed by atoms with Crippen LogP contribution in [0.4, 0.5) is 0 Å². The van der Waals surface area contributed by atoms with Gasteiger partial charge in [0.15, 0.2) is 5.76 Å². The molecule has 6 nitrogen and oxygen atoms in total. The Morgan fingerprint density at radius 2 is 2.04 bits per heavy atom. The standard InChI is InChI=1S/C18H21N3O3/c1-23-17-13(4-2-6-19-17)8-20-9-14-11-21(12-15(14)10-20)18(22)16-5-3-7-24-16/h2-7,14-15H,8-12H2,1H3/t14-,15+. The molecule has 0 radical (unpaired) electrons. The van der Waals surface area contributed by atoms with E-state index in [2.05, 4.69) is 16.0 Å². The molecule has 2 fully saturated rings. The average molecular weight is 327 g/mol. The molecule has 0 bridgehead atoms. The Labute approximate surface area is 141 Å². The summed E-state index contributed by atoms with van der Waals surface area (Å²) in [6.07, 6.45) is 3.30. The normalized spacial score (nSPS) is 23.5. The number of hydrogen-bond acceptors (Lipinski definition) is 5. The minimum Gasteiger partial charge on any atom is -0.481 e. The molecule has 0 saturated carbocycles. The average Bonchev–Trinajstić information content (AvgIpc) is 3.30. The van der Waals surface area contributed by atoms with E-state index in [0.29, 0.717) is 23.5 Å². The Morgan fingerprint density at radius 1 is 1.25 bits per heavy atom. The lowest BCUT2D eigenvalue weighted by Crippen LogP contribution is -2.33. The van der Waals surface area contributed by atoms with Gasteiger partial charge in [-0.3, -0.25) is 9.69 Å². The van der Waals surface area contributed by atoms with Crippen LogP contribution < -0.4 is 4.74 Å². The molecule has 2 aliphatic heterocycles. The summed E-state index contributed by atoms with van der Waals surface area (Å²) in [5.74, 6) is 2.21. The molecule has 0 unspecified atom stereocenters. The van der Waals surface area contributed by atoms with E-state index in [1.807, 2.05) is 11.0 Å². The van der Waals surface area contributed by atoms with Gasteiger partial charge in [-0.25, -0.2) is 4.98 Å². The first-order chi connectivity index (χ1) is 11.7. The van der Waals surface area contributed by atoms with Crippen LogP contribution in [0.15, 0.2) is 41.1 Å². The van der Waals surface area contributed by atoms with Crippen LogP contribution in [-0.4, -0.2) is 54.0 Å². The molecule has 4 rings (SSSR count). The van der Waals surface area contributed by atoms with Gasteiger partial charge < -0.3 is 14.1 Å². The summed E-state index contributed by atoms with van der Waals surface area (Å²) in [5.41, 5.74) is 1.11. The number of fused-ring (bicyclic) bond motifs is 1. The van der Waals surface area contributed by atoms with Gasteiger partial charge in [-0.1, -0.05) is 6.07 Å². The molecule has 2 atom stereocenters. The largest absolute Gasteiger partial charge is 0.481 e. The minimum absolute atomic E-state index is 0.00915. The van der Waals surface area contributed by atoms with Crippen molar-refractivity contribution < 1.29 is 13.9 Å². The second-order valence-electron chi connectivity index (χ2n) is 6.57. The number of nitrogens with zero attached hydrogens (tertiary/aromatic N) is 3. The lowest BCUT2D eigenvalue weighted by molar-refractivity contribution is 0.0741. The number of likely N-dealkylation sites (tertiary alicyclic amines) is 2. The van der Waals surface area contributed by atoms with Gasteiger partial charge in [-0.05, 0) is 30.0 Å². The van der Waals surface area contributed by atoms with E-state index in [1.54, 1.807) is 31.7 Å². The SMILES string of the molecule is COc1ncccc1CN1C[C@@H]2CN(C(=O)c3ccco3)C[C@@H]2C1. The number of methoxy groups -OCH3 is 1. The fourth-order valence-corrected chi connectivity index (χ4v) is 3.91. The van der Waals surface area contributed by atoms with E-state index in [1.165, 1.54) is 0 Å². The van der Waals surface area contributed by atoms with E-state index in [9.17, 15) is 4.79 Å². The first-order valence-electron chi connectivity index (χ1n) is 8.27. The monoisotopic (exact) mass is 327 g/mol. The maximum Gasteiger partial charge on any atom is 0.289 e. The smallest absolute Gasteiger partial charge is 0.289 e. The van der Waals surface area contributed by atoms with Crippen LogP contribution in [-0.2, 0) is 6.54 Å². The molecule has 126 valence electrons. The molecule has 0 aromatic carbocycles. The molecular formula is C18H21N3O3. The molecule has 2 aromatic heterocycles. The third-order valence-electron chi connectivity index (χ3n) is 5.02. The predicted octanol–water partition coefficient (Wildman–Crippen LogP) is 1.89. The van der Waals surface area contributed by atoms with Crippen molar-refractivity contribution >= 4 is 5.91 Å². The number of hydrogen-bond donors (Lipinski definition) is 0. The summed E-state index contributed by atoms with van der Waals surface area (Å²) >= 11 is 0. The Hall–Kier alpha value is -2.34. The molecule has 2 aliphatic rings. The zero-order valence-electron chi connectivity index (χ0n) is 13.7. The van der Waals surface area contributed by atoms with Gasteiger partial charge in [0.1, 0.15) is 0 Å². The first-order valence-corrected chi connectivity index (χ1v) is 8.27. The van der Waals surface area contributed by atoms with E-state index in [-0.39, 0.29) is 5.91 Å². The summed E-state index contributed by atoms with van der Waals surface area (Å²) < 4.78 is 10.6. The molecular weight excluding hydrogens is 306 g/mol. The Kier molecular flexibility index (Phi) is 3.98. The maximum atomic E-state index is 12.4. The first kappa shape index (κ1) is 15.2. The van der Waals surface area contributed by atoms with Gasteiger partial charge in [-0.2, -0.15) is 0 Å². The van der Waals surface area contributed by atoms with Gasteiger partial charge >= 0.3 is 0 Å². The quantitative estimate of drug-likeness (QED) is 0.858. The van der Waals surface area contributed by atoms with Crippen LogP contribution in [0.2, 0.25) is 0 Å². The summed E-state index contributed by atoms with van der Waals surface area (Å²) in [7, 11) is 1.66. The fourth-order valence-electron chi connectivity index (χ4n) is 3.91. The van der Waals surface area contributed by atoms with Crippen molar-refractivity contribution in [3.63, 3.8) is 0 Å². The molecule has 24 heavy (non-hydrogen) atoms. The summed E-state index contributed by atoms with van der Waals surface area (Å²) in [6, 6.07) is 7.50. The van der Waals surface area contributed by atoms with E-state index < -0.39 is 0 Å². The highest BCUT2D eigenvalue weighted by atomic mass is 16.5. The highest BCUT2D eigenvalue weighted by molar-refractivity contribution is 5.91. The molecule has 0 aliphatic carbocycles. The van der Waals surface area contributed by atoms with Gasteiger partial charge in [0, 0.05) is 44.5 Å². The molecule has 0 N–H and O–H groups in total. The van der Waals surface area contributed by atoms with Gasteiger partial charge in [0.2, 0.25) is 5.88 Å². The summed E-state index contributed by atoms with van der Waals surface area (Å²) in [4.78, 5) is 21.0. The highest BCUT2D eigenvalue weighted by Gasteiger charge is 2.42. The molecule has 2 saturated heterocycles. The van der Waals surface area contributed by atoms with Crippen molar-refractivity contribution in [1.82, 2.24) is 14.8 Å². The number of furan rings is 1. The molecule has 0 spiro atoms. The Bertz CT molecular complexity index is 702. The van der Waals surface area contributed by atoms with Crippen molar-refractivity contribution in [2.24, 2.45) is 11.8 Å². The fraction of sp³-hybridized carbons (Fsp3) is 0.444. The van der Waals surface area contributed by atoms with Crippen LogP contribution in [0, 0.1) is 11.8 Å². The second-order valence-corrected chi connectivity index (χ2v) is 6.57. The minimum atomic E-state index is 0.00915. The molecule has 4 heterocycles. The number of carbonyl (C=O) groups is 1. The summed E-state index contributed by atoms with van der Waals surface area (Å²) in [6.45, 7) is 4.47.